The van der Waals surface area contributed by atoms with Crippen LogP contribution in [0.2, 0.25) is 0 Å². The van der Waals surface area contributed by atoms with Crippen molar-refractivity contribution in [2.24, 2.45) is 30.0 Å². The van der Waals surface area contributed by atoms with Crippen LogP contribution in [0.3, 0.4) is 0 Å². The van der Waals surface area contributed by atoms with Gasteiger partial charge in [-0.05, 0) is 82.2 Å². The maximum absolute atomic E-state index is 5.11. The van der Waals surface area contributed by atoms with Crippen LogP contribution in [-0.4, -0.2) is 36.8 Å². The quantitative estimate of drug-likeness (QED) is 0.0816. The van der Waals surface area contributed by atoms with Gasteiger partial charge in [-0.1, -0.05) is 264 Å². The second kappa shape index (κ2) is 31.6. The van der Waals surface area contributed by atoms with Crippen LogP contribution in [0.5, 0.6) is 0 Å². The van der Waals surface area contributed by atoms with Crippen molar-refractivity contribution in [3.8, 4) is 0 Å². The Morgan fingerprint density at radius 2 is 0.753 bits per heavy atom. The Bertz CT molecular complexity index is 3020. The van der Waals surface area contributed by atoms with E-state index in [-0.39, 0.29) is 5.41 Å². The summed E-state index contributed by atoms with van der Waals surface area (Å²) in [5.74, 6) is 2.29. The molecule has 0 heterocycles. The molecule has 1 unspecified atom stereocenters. The van der Waals surface area contributed by atoms with Crippen LogP contribution in [0.4, 0.5) is 0 Å². The first-order valence-corrected chi connectivity index (χ1v) is 26.4. The van der Waals surface area contributed by atoms with Gasteiger partial charge in [0, 0.05) is 27.7 Å². The Balaban J connectivity index is 0.00000121. The predicted octanol–water partition coefficient (Wildman–Crippen LogP) is 18.2. The third-order valence-electron chi connectivity index (χ3n) is 11.9. The lowest BCUT2D eigenvalue weighted by atomic mass is 9.69. The van der Waals surface area contributed by atoms with Crippen LogP contribution in [0.1, 0.15) is 139 Å². The summed E-state index contributed by atoms with van der Waals surface area (Å²) in [7, 11) is 0. The molecule has 0 spiro atoms. The minimum atomic E-state index is -0.192. The summed E-state index contributed by atoms with van der Waals surface area (Å²) in [6, 6.07) is 67.2. The molecule has 0 radical (unpaired) electrons. The van der Waals surface area contributed by atoms with E-state index in [1.807, 2.05) is 120 Å². The smallest absolute Gasteiger partial charge is 0.161 e. The molecule has 0 aliphatic carbocycles. The Hall–Kier alpha value is -7.70. The van der Waals surface area contributed by atoms with Crippen molar-refractivity contribution in [2.45, 2.75) is 113 Å². The number of nitrogens with zero attached hydrogens (tertiary/aromatic N) is 6. The molecule has 0 bridgehead atoms. The van der Waals surface area contributed by atoms with E-state index in [1.165, 1.54) is 28.3 Å². The maximum atomic E-state index is 5.11. The van der Waals surface area contributed by atoms with Crippen molar-refractivity contribution in [1.82, 2.24) is 0 Å². The maximum Gasteiger partial charge on any atom is 0.161 e. The number of amidine groups is 4. The molecule has 8 aromatic carbocycles. The molecule has 0 saturated heterocycles. The van der Waals surface area contributed by atoms with Gasteiger partial charge in [0.25, 0.3) is 0 Å². The minimum Gasteiger partial charge on any atom is -0.261 e. The molecule has 8 rings (SSSR count). The molecule has 0 saturated carbocycles. The highest BCUT2D eigenvalue weighted by Gasteiger charge is 2.31. The van der Waals surface area contributed by atoms with Gasteiger partial charge >= 0.3 is 0 Å². The number of hydrogen-bond acceptors (Lipinski definition) is 2. The Kier molecular flexibility index (Phi) is 25.1. The first kappa shape index (κ1) is 57.9. The zero-order valence-corrected chi connectivity index (χ0v) is 45.3. The number of hydrogen-bond donors (Lipinski definition) is 0. The van der Waals surface area contributed by atoms with Gasteiger partial charge in [0.05, 0.1) is 13.1 Å². The van der Waals surface area contributed by atoms with Crippen molar-refractivity contribution in [3.63, 3.8) is 0 Å². The van der Waals surface area contributed by atoms with Crippen LogP contribution < -0.4 is 0 Å². The number of rotatable bonds is 13. The summed E-state index contributed by atoms with van der Waals surface area (Å²) in [5, 5.41) is 4.68. The fraction of sp³-hybridized carbons (Fsp3) is 0.254. The summed E-state index contributed by atoms with van der Waals surface area (Å²) >= 11 is 0. The van der Waals surface area contributed by atoms with Crippen LogP contribution in [0, 0.1) is 0 Å². The molecule has 6 nitrogen and oxygen atoms in total. The SMILES string of the molecule is C=NC(=NC(=NCc1ccc2ccccc2c1)c1ccc(C(CC)(CCC)c2ccc(CN=C(N=C(N=C)c3ccc4ccccc4c3)c3ccccc3)cc2)cc1)c1ccccc1.CC.CC.CC.CCC. The van der Waals surface area contributed by atoms with E-state index in [0.717, 1.165) is 63.4 Å². The van der Waals surface area contributed by atoms with Gasteiger partial charge in [-0.2, -0.15) is 0 Å². The summed E-state index contributed by atoms with van der Waals surface area (Å²) in [5.41, 5.74) is 8.17. The molecular formula is C67H78N6. The highest BCUT2D eigenvalue weighted by Crippen LogP contribution is 2.40. The fourth-order valence-corrected chi connectivity index (χ4v) is 8.47. The highest BCUT2D eigenvalue weighted by atomic mass is 15.0. The lowest BCUT2D eigenvalue weighted by Crippen LogP contribution is -2.27. The summed E-state index contributed by atoms with van der Waals surface area (Å²) in [6.45, 7) is 29.5. The largest absolute Gasteiger partial charge is 0.261 e. The Labute approximate surface area is 438 Å². The van der Waals surface area contributed by atoms with Crippen molar-refractivity contribution in [1.29, 1.82) is 0 Å². The number of benzene rings is 8. The fourth-order valence-electron chi connectivity index (χ4n) is 8.47. The average molecular weight is 967 g/mol. The van der Waals surface area contributed by atoms with Gasteiger partial charge in [-0.25, -0.2) is 20.0 Å². The first-order chi connectivity index (χ1) is 35.9. The summed E-state index contributed by atoms with van der Waals surface area (Å²) < 4.78 is 0. The van der Waals surface area contributed by atoms with Crippen molar-refractivity contribution >= 4 is 58.3 Å². The molecule has 0 fully saturated rings. The summed E-state index contributed by atoms with van der Waals surface area (Å²) in [4.78, 5) is 28.9. The molecule has 1 atom stereocenters. The van der Waals surface area contributed by atoms with Gasteiger partial charge in [-0.3, -0.25) is 9.98 Å². The van der Waals surface area contributed by atoms with Gasteiger partial charge in [0.2, 0.25) is 0 Å². The van der Waals surface area contributed by atoms with E-state index in [2.05, 4.69) is 166 Å². The molecule has 376 valence electrons. The van der Waals surface area contributed by atoms with Crippen LogP contribution in [0.15, 0.2) is 224 Å². The molecular weight excluding hydrogens is 889 g/mol. The van der Waals surface area contributed by atoms with E-state index in [1.54, 1.807) is 0 Å². The predicted molar refractivity (Wildman–Crippen MR) is 322 cm³/mol. The molecule has 0 aliphatic rings. The molecule has 0 aliphatic heterocycles. The highest BCUT2D eigenvalue weighted by molar-refractivity contribution is 6.14. The molecule has 0 N–H and O–H groups in total. The van der Waals surface area contributed by atoms with Crippen molar-refractivity contribution in [3.05, 3.63) is 239 Å². The van der Waals surface area contributed by atoms with Crippen molar-refractivity contribution < 1.29 is 0 Å². The van der Waals surface area contributed by atoms with E-state index in [9.17, 15) is 0 Å². The van der Waals surface area contributed by atoms with E-state index >= 15 is 0 Å². The third kappa shape index (κ3) is 15.9. The Morgan fingerprint density at radius 3 is 1.23 bits per heavy atom. The molecule has 0 amide bonds. The first-order valence-electron chi connectivity index (χ1n) is 26.4. The second-order valence-corrected chi connectivity index (χ2v) is 16.6. The normalized spacial score (nSPS) is 12.3. The van der Waals surface area contributed by atoms with Crippen LogP contribution in [0.25, 0.3) is 21.5 Å². The molecule has 8 aromatic rings. The zero-order chi connectivity index (χ0) is 52.9. The number of fused-ring (bicyclic) bond motifs is 2. The van der Waals surface area contributed by atoms with Gasteiger partial charge in [0.1, 0.15) is 0 Å². The zero-order valence-electron chi connectivity index (χ0n) is 45.3. The molecule has 73 heavy (non-hydrogen) atoms. The Morgan fingerprint density at radius 1 is 0.384 bits per heavy atom. The van der Waals surface area contributed by atoms with Gasteiger partial charge < -0.3 is 0 Å². The number of aliphatic imine (C=N–C) groups is 6. The van der Waals surface area contributed by atoms with E-state index in [0.29, 0.717) is 36.4 Å². The lowest BCUT2D eigenvalue weighted by Gasteiger charge is -2.34. The monoisotopic (exact) mass is 967 g/mol. The summed E-state index contributed by atoms with van der Waals surface area (Å²) in [6.07, 6.45) is 4.22. The van der Waals surface area contributed by atoms with E-state index in [4.69, 9.17) is 20.0 Å². The van der Waals surface area contributed by atoms with E-state index < -0.39 is 0 Å². The second-order valence-electron chi connectivity index (χ2n) is 16.6. The average Bonchev–Trinajstić information content (AvgIpc) is 3.47. The third-order valence-corrected chi connectivity index (χ3v) is 11.9. The lowest BCUT2D eigenvalue weighted by molar-refractivity contribution is 0.450. The minimum absolute atomic E-state index is 0.192. The van der Waals surface area contributed by atoms with Gasteiger partial charge in [-0.15, -0.1) is 0 Å². The van der Waals surface area contributed by atoms with Crippen molar-refractivity contribution in [2.75, 3.05) is 0 Å². The van der Waals surface area contributed by atoms with Gasteiger partial charge in [0.15, 0.2) is 23.3 Å². The van der Waals surface area contributed by atoms with Crippen LogP contribution >= 0.6 is 0 Å². The topological polar surface area (TPSA) is 74.2 Å². The molecule has 0 aromatic heterocycles. The standard InChI is InChI=1S/C58H52N6.C3H8.3C2H6/c1-5-37-58(6-2,52-33-26-42(27-34-52)40-61-56(47-21-11-8-12-22-47)64-55(60-4)51-30-29-45-18-14-16-24-50(45)39-51)53-35-31-48(32-36-53)57(63-54(59-3)46-19-9-7-10-20-46)62-41-43-25-28-44-17-13-15-23-49(44)38-43;1-3-2;3*1-2/h7-36,38-39H,3-6,37,40-41H2,1-2H3;3H2,1-2H3;3*1-2H3. The van der Waals surface area contributed by atoms with Crippen LogP contribution in [-0.2, 0) is 18.5 Å². The molecule has 6 heteroatoms.